The largest absolute Gasteiger partial charge is 0.493 e. The van der Waals surface area contributed by atoms with E-state index in [0.29, 0.717) is 12.3 Å². The Morgan fingerprint density at radius 1 is 1.38 bits per heavy atom. The molecule has 0 radical (unpaired) electrons. The van der Waals surface area contributed by atoms with Crippen molar-refractivity contribution in [3.05, 3.63) is 18.2 Å². The maximum Gasteiger partial charge on any atom is 0.123 e. The van der Waals surface area contributed by atoms with Crippen LogP contribution in [0.25, 0.3) is 0 Å². The third-order valence-corrected chi connectivity index (χ3v) is 2.07. The third-order valence-electron chi connectivity index (χ3n) is 2.07. The second-order valence-electron chi connectivity index (χ2n) is 3.64. The number of ether oxygens (including phenoxy) is 1. The number of nitrogens with two attached hydrogens (primary N) is 1. The molecule has 0 aliphatic heterocycles. The van der Waals surface area contributed by atoms with Crippen LogP contribution in [0.3, 0.4) is 0 Å². The molecule has 0 saturated heterocycles. The Hall–Kier alpha value is -1.42. The van der Waals surface area contributed by atoms with Gasteiger partial charge in [-0.05, 0) is 18.9 Å². The third kappa shape index (κ3) is 4.40. The van der Waals surface area contributed by atoms with Crippen molar-refractivity contribution in [2.45, 2.75) is 19.8 Å². The summed E-state index contributed by atoms with van der Waals surface area (Å²) in [6, 6.07) is 5.59. The maximum absolute atomic E-state index is 8.68. The summed E-state index contributed by atoms with van der Waals surface area (Å²) in [5.74, 6) is 0.786. The first kappa shape index (κ1) is 12.6. The van der Waals surface area contributed by atoms with E-state index in [1.807, 2.05) is 18.2 Å². The zero-order valence-electron chi connectivity index (χ0n) is 9.70. The number of nitrogens with one attached hydrogen (secondary N) is 1. The lowest BCUT2D eigenvalue weighted by Crippen LogP contribution is -2.04. The van der Waals surface area contributed by atoms with Gasteiger partial charge in [-0.2, -0.15) is 0 Å². The van der Waals surface area contributed by atoms with E-state index in [1.165, 1.54) is 0 Å². The van der Waals surface area contributed by atoms with E-state index in [-0.39, 0.29) is 6.61 Å². The summed E-state index contributed by atoms with van der Waals surface area (Å²) >= 11 is 0. The fraction of sp³-hybridized carbons (Fsp3) is 0.500. The van der Waals surface area contributed by atoms with Crippen LogP contribution in [0.4, 0.5) is 11.4 Å². The van der Waals surface area contributed by atoms with Crippen LogP contribution in [-0.2, 0) is 0 Å². The van der Waals surface area contributed by atoms with E-state index in [9.17, 15) is 0 Å². The molecule has 4 heteroatoms. The van der Waals surface area contributed by atoms with Crippen LogP contribution in [0.15, 0.2) is 18.2 Å². The summed E-state index contributed by atoms with van der Waals surface area (Å²) in [6.07, 6.45) is 1.70. The van der Waals surface area contributed by atoms with Gasteiger partial charge in [0.05, 0.1) is 6.61 Å². The zero-order chi connectivity index (χ0) is 11.8. The number of rotatable bonds is 7. The Kier molecular flexibility index (Phi) is 5.50. The van der Waals surface area contributed by atoms with Gasteiger partial charge in [-0.25, -0.2) is 0 Å². The standard InChI is InChI=1S/C12H20N2O2/c1-2-6-16-12-8-10(13)7-11(9-12)14-4-3-5-15/h7-9,14-15H,2-6,13H2,1H3. The Morgan fingerprint density at radius 3 is 2.88 bits per heavy atom. The van der Waals surface area contributed by atoms with Crippen molar-refractivity contribution in [2.75, 3.05) is 30.8 Å². The summed E-state index contributed by atoms with van der Waals surface area (Å²) in [6.45, 7) is 3.67. The molecule has 0 unspecified atom stereocenters. The molecular formula is C12H20N2O2. The number of aliphatic hydroxyl groups excluding tert-OH is 1. The van der Waals surface area contributed by atoms with Gasteiger partial charge < -0.3 is 20.9 Å². The quantitative estimate of drug-likeness (QED) is 0.488. The van der Waals surface area contributed by atoms with Crippen molar-refractivity contribution in [2.24, 2.45) is 0 Å². The molecule has 0 bridgehead atoms. The Bertz CT molecular complexity index is 316. The van der Waals surface area contributed by atoms with Gasteiger partial charge in [0, 0.05) is 36.7 Å². The number of nitrogen functional groups attached to an aromatic ring is 1. The summed E-state index contributed by atoms with van der Waals surface area (Å²) in [5.41, 5.74) is 7.38. The van der Waals surface area contributed by atoms with Crippen molar-refractivity contribution < 1.29 is 9.84 Å². The van der Waals surface area contributed by atoms with Crippen LogP contribution in [0, 0.1) is 0 Å². The van der Waals surface area contributed by atoms with Crippen LogP contribution in [-0.4, -0.2) is 24.9 Å². The average Bonchev–Trinajstić information content (AvgIpc) is 2.26. The van der Waals surface area contributed by atoms with Crippen molar-refractivity contribution in [3.8, 4) is 5.75 Å². The van der Waals surface area contributed by atoms with E-state index < -0.39 is 0 Å². The Morgan fingerprint density at radius 2 is 2.19 bits per heavy atom. The molecule has 0 amide bonds. The van der Waals surface area contributed by atoms with Gasteiger partial charge in [0.2, 0.25) is 0 Å². The van der Waals surface area contributed by atoms with Gasteiger partial charge in [-0.1, -0.05) is 6.92 Å². The molecule has 1 aromatic carbocycles. The number of hydrogen-bond acceptors (Lipinski definition) is 4. The van der Waals surface area contributed by atoms with E-state index in [1.54, 1.807) is 0 Å². The summed E-state index contributed by atoms with van der Waals surface area (Å²) in [5, 5.41) is 11.9. The molecule has 0 fully saturated rings. The molecule has 4 nitrogen and oxygen atoms in total. The Balaban J connectivity index is 2.58. The molecule has 4 N–H and O–H groups in total. The minimum absolute atomic E-state index is 0.189. The van der Waals surface area contributed by atoms with Gasteiger partial charge in [0.15, 0.2) is 0 Å². The van der Waals surface area contributed by atoms with Crippen LogP contribution in [0.2, 0.25) is 0 Å². The molecular weight excluding hydrogens is 204 g/mol. The Labute approximate surface area is 96.4 Å². The lowest BCUT2D eigenvalue weighted by Gasteiger charge is -2.10. The fourth-order valence-electron chi connectivity index (χ4n) is 1.34. The molecule has 90 valence electrons. The fourth-order valence-corrected chi connectivity index (χ4v) is 1.34. The number of anilines is 2. The molecule has 0 heterocycles. The average molecular weight is 224 g/mol. The lowest BCUT2D eigenvalue weighted by atomic mass is 10.2. The van der Waals surface area contributed by atoms with Crippen LogP contribution >= 0.6 is 0 Å². The van der Waals surface area contributed by atoms with Crippen molar-refractivity contribution in [1.29, 1.82) is 0 Å². The molecule has 1 aromatic rings. The summed E-state index contributed by atoms with van der Waals surface area (Å²) < 4.78 is 5.51. The van der Waals surface area contributed by atoms with Gasteiger partial charge in [-0.3, -0.25) is 0 Å². The van der Waals surface area contributed by atoms with E-state index in [0.717, 1.165) is 30.8 Å². The smallest absolute Gasteiger partial charge is 0.123 e. The molecule has 16 heavy (non-hydrogen) atoms. The molecule has 0 saturated carbocycles. The minimum atomic E-state index is 0.189. The minimum Gasteiger partial charge on any atom is -0.493 e. The zero-order valence-corrected chi connectivity index (χ0v) is 9.70. The molecule has 0 spiro atoms. The van der Waals surface area contributed by atoms with Crippen molar-refractivity contribution in [1.82, 2.24) is 0 Å². The highest BCUT2D eigenvalue weighted by Crippen LogP contribution is 2.22. The first-order valence-corrected chi connectivity index (χ1v) is 5.64. The highest BCUT2D eigenvalue weighted by molar-refractivity contribution is 5.59. The van der Waals surface area contributed by atoms with Crippen LogP contribution in [0.1, 0.15) is 19.8 Å². The highest BCUT2D eigenvalue weighted by atomic mass is 16.5. The molecule has 0 aliphatic carbocycles. The lowest BCUT2D eigenvalue weighted by molar-refractivity contribution is 0.292. The maximum atomic E-state index is 8.68. The van der Waals surface area contributed by atoms with E-state index in [2.05, 4.69) is 12.2 Å². The molecule has 0 atom stereocenters. The summed E-state index contributed by atoms with van der Waals surface area (Å²) in [4.78, 5) is 0. The van der Waals surface area contributed by atoms with Crippen LogP contribution in [0.5, 0.6) is 5.75 Å². The highest BCUT2D eigenvalue weighted by Gasteiger charge is 1.99. The van der Waals surface area contributed by atoms with E-state index in [4.69, 9.17) is 15.6 Å². The normalized spacial score (nSPS) is 10.1. The van der Waals surface area contributed by atoms with Gasteiger partial charge >= 0.3 is 0 Å². The second-order valence-corrected chi connectivity index (χ2v) is 3.64. The first-order valence-electron chi connectivity index (χ1n) is 5.64. The second kappa shape index (κ2) is 6.95. The number of hydrogen-bond donors (Lipinski definition) is 3. The van der Waals surface area contributed by atoms with Crippen molar-refractivity contribution >= 4 is 11.4 Å². The molecule has 0 aliphatic rings. The monoisotopic (exact) mass is 224 g/mol. The summed E-state index contributed by atoms with van der Waals surface area (Å²) in [7, 11) is 0. The van der Waals surface area contributed by atoms with Crippen molar-refractivity contribution in [3.63, 3.8) is 0 Å². The van der Waals surface area contributed by atoms with Gasteiger partial charge in [-0.15, -0.1) is 0 Å². The molecule has 1 rings (SSSR count). The van der Waals surface area contributed by atoms with E-state index >= 15 is 0 Å². The predicted molar refractivity (Wildman–Crippen MR) is 66.8 cm³/mol. The predicted octanol–water partition coefficient (Wildman–Crippen LogP) is 1.85. The SMILES string of the molecule is CCCOc1cc(N)cc(NCCCO)c1. The number of aliphatic hydroxyl groups is 1. The first-order chi connectivity index (χ1) is 7.76. The van der Waals surface area contributed by atoms with Gasteiger partial charge in [0.1, 0.15) is 5.75 Å². The molecule has 0 aromatic heterocycles. The van der Waals surface area contributed by atoms with Crippen LogP contribution < -0.4 is 15.8 Å². The number of benzene rings is 1. The topological polar surface area (TPSA) is 67.5 Å². The van der Waals surface area contributed by atoms with Gasteiger partial charge in [0.25, 0.3) is 0 Å².